The Hall–Kier alpha value is -2.40. The smallest absolute Gasteiger partial charge is 0.178 e. The molecule has 23 heavy (non-hydrogen) atoms. The van der Waals surface area contributed by atoms with Crippen molar-refractivity contribution < 1.29 is 4.74 Å². The maximum atomic E-state index is 5.52. The Bertz CT molecular complexity index is 760. The van der Waals surface area contributed by atoms with Crippen LogP contribution in [-0.4, -0.2) is 40.1 Å². The molecule has 5 nitrogen and oxygen atoms in total. The number of H-pyrrole nitrogens is 1. The van der Waals surface area contributed by atoms with Gasteiger partial charge in [0.05, 0.1) is 12.6 Å². The number of nitrogens with zero attached hydrogens (tertiary/aromatic N) is 3. The molecule has 1 aromatic carbocycles. The molecule has 0 saturated heterocycles. The summed E-state index contributed by atoms with van der Waals surface area (Å²) in [6, 6.07) is 10.1. The molecule has 0 unspecified atom stereocenters. The van der Waals surface area contributed by atoms with E-state index < -0.39 is 0 Å². The summed E-state index contributed by atoms with van der Waals surface area (Å²) in [6.45, 7) is 7.23. The van der Waals surface area contributed by atoms with Crippen molar-refractivity contribution in [3.05, 3.63) is 42.1 Å². The van der Waals surface area contributed by atoms with E-state index in [0.29, 0.717) is 0 Å². The molecule has 5 heteroatoms. The van der Waals surface area contributed by atoms with Gasteiger partial charge in [-0.05, 0) is 43.4 Å². The van der Waals surface area contributed by atoms with E-state index in [0.717, 1.165) is 47.9 Å². The molecule has 0 spiro atoms. The quantitative estimate of drug-likeness (QED) is 0.757. The van der Waals surface area contributed by atoms with Crippen LogP contribution in [-0.2, 0) is 6.54 Å². The lowest BCUT2D eigenvalue weighted by Gasteiger charge is -2.20. The second kappa shape index (κ2) is 6.79. The summed E-state index contributed by atoms with van der Waals surface area (Å²) in [4.78, 5) is 14.6. The molecule has 3 aromatic rings. The SMILES string of the molecule is CCN(CC)Cc1cc(-c2nc3ncccc3[nH]2)ccc1OC. The summed E-state index contributed by atoms with van der Waals surface area (Å²) in [5, 5.41) is 0. The third-order valence-electron chi connectivity index (χ3n) is 4.10. The van der Waals surface area contributed by atoms with Crippen LogP contribution in [0.2, 0.25) is 0 Å². The fraction of sp³-hybridized carbons (Fsp3) is 0.333. The largest absolute Gasteiger partial charge is 0.496 e. The normalized spacial score (nSPS) is 11.3. The van der Waals surface area contributed by atoms with Crippen LogP contribution in [0, 0.1) is 0 Å². The van der Waals surface area contributed by atoms with Gasteiger partial charge >= 0.3 is 0 Å². The molecule has 0 atom stereocenters. The summed E-state index contributed by atoms with van der Waals surface area (Å²) < 4.78 is 5.52. The molecule has 120 valence electrons. The molecule has 0 fully saturated rings. The monoisotopic (exact) mass is 310 g/mol. The zero-order valence-corrected chi connectivity index (χ0v) is 13.8. The van der Waals surface area contributed by atoms with E-state index in [1.807, 2.05) is 24.3 Å². The van der Waals surface area contributed by atoms with Gasteiger partial charge in [0, 0.05) is 23.9 Å². The molecule has 0 amide bonds. The van der Waals surface area contributed by atoms with Crippen LogP contribution < -0.4 is 4.74 Å². The van der Waals surface area contributed by atoms with Crippen molar-refractivity contribution in [2.45, 2.75) is 20.4 Å². The van der Waals surface area contributed by atoms with Crippen molar-refractivity contribution in [3.63, 3.8) is 0 Å². The average Bonchev–Trinajstić information content (AvgIpc) is 3.03. The summed E-state index contributed by atoms with van der Waals surface area (Å²) >= 11 is 0. The van der Waals surface area contributed by atoms with Gasteiger partial charge in [-0.1, -0.05) is 13.8 Å². The van der Waals surface area contributed by atoms with Crippen LogP contribution in [0.25, 0.3) is 22.6 Å². The summed E-state index contributed by atoms with van der Waals surface area (Å²) in [5.74, 6) is 1.75. The topological polar surface area (TPSA) is 54.0 Å². The first-order valence-electron chi connectivity index (χ1n) is 7.95. The molecule has 0 radical (unpaired) electrons. The molecule has 3 rings (SSSR count). The maximum Gasteiger partial charge on any atom is 0.178 e. The number of hydrogen-bond donors (Lipinski definition) is 1. The highest BCUT2D eigenvalue weighted by atomic mass is 16.5. The highest BCUT2D eigenvalue weighted by Crippen LogP contribution is 2.27. The predicted molar refractivity (Wildman–Crippen MR) is 92.5 cm³/mol. The molecule has 1 N–H and O–H groups in total. The predicted octanol–water partition coefficient (Wildman–Crippen LogP) is 3.48. The van der Waals surface area contributed by atoms with E-state index in [1.165, 1.54) is 5.56 Å². The van der Waals surface area contributed by atoms with Gasteiger partial charge in [-0.15, -0.1) is 0 Å². The number of pyridine rings is 1. The van der Waals surface area contributed by atoms with Crippen LogP contribution in [0.1, 0.15) is 19.4 Å². The van der Waals surface area contributed by atoms with Gasteiger partial charge < -0.3 is 9.72 Å². The van der Waals surface area contributed by atoms with Crippen molar-refractivity contribution >= 4 is 11.2 Å². The molecular formula is C18H22N4O. The number of aromatic nitrogens is 3. The van der Waals surface area contributed by atoms with Gasteiger partial charge in [0.15, 0.2) is 5.65 Å². The molecule has 0 saturated carbocycles. The van der Waals surface area contributed by atoms with Gasteiger partial charge in [0.1, 0.15) is 11.6 Å². The van der Waals surface area contributed by atoms with Gasteiger partial charge in [0.2, 0.25) is 0 Å². The molecule has 0 aliphatic rings. The number of nitrogens with one attached hydrogen (secondary N) is 1. The van der Waals surface area contributed by atoms with Crippen molar-refractivity contribution in [1.29, 1.82) is 0 Å². The highest BCUT2D eigenvalue weighted by Gasteiger charge is 2.11. The van der Waals surface area contributed by atoms with Crippen molar-refractivity contribution in [3.8, 4) is 17.1 Å². The zero-order valence-electron chi connectivity index (χ0n) is 13.8. The first-order valence-corrected chi connectivity index (χ1v) is 7.95. The number of rotatable bonds is 6. The first kappa shape index (κ1) is 15.5. The van der Waals surface area contributed by atoms with Crippen molar-refractivity contribution in [2.75, 3.05) is 20.2 Å². The van der Waals surface area contributed by atoms with Gasteiger partial charge in [-0.2, -0.15) is 0 Å². The Balaban J connectivity index is 1.99. The minimum absolute atomic E-state index is 0.739. The van der Waals surface area contributed by atoms with Crippen LogP contribution in [0.4, 0.5) is 0 Å². The summed E-state index contributed by atoms with van der Waals surface area (Å²) in [7, 11) is 1.71. The molecule has 0 aliphatic heterocycles. The summed E-state index contributed by atoms with van der Waals surface area (Å²) in [5.41, 5.74) is 3.90. The first-order chi connectivity index (χ1) is 11.2. The number of imidazole rings is 1. The van der Waals surface area contributed by atoms with Crippen LogP contribution in [0.3, 0.4) is 0 Å². The van der Waals surface area contributed by atoms with Gasteiger partial charge in [-0.3, -0.25) is 4.90 Å². The van der Waals surface area contributed by atoms with E-state index in [9.17, 15) is 0 Å². The lowest BCUT2D eigenvalue weighted by atomic mass is 10.1. The number of ether oxygens (including phenoxy) is 1. The van der Waals surface area contributed by atoms with E-state index in [2.05, 4.69) is 39.8 Å². The zero-order chi connectivity index (χ0) is 16.2. The fourth-order valence-corrected chi connectivity index (χ4v) is 2.72. The Kier molecular flexibility index (Phi) is 4.57. The van der Waals surface area contributed by atoms with Crippen LogP contribution in [0.5, 0.6) is 5.75 Å². The van der Waals surface area contributed by atoms with Crippen molar-refractivity contribution in [2.24, 2.45) is 0 Å². The number of benzene rings is 1. The maximum absolute atomic E-state index is 5.52. The third kappa shape index (κ3) is 3.19. The second-order valence-corrected chi connectivity index (χ2v) is 5.45. The van der Waals surface area contributed by atoms with Gasteiger partial charge in [0.25, 0.3) is 0 Å². The lowest BCUT2D eigenvalue weighted by Crippen LogP contribution is -2.22. The molecular weight excluding hydrogens is 288 g/mol. The Morgan fingerprint density at radius 3 is 2.70 bits per heavy atom. The van der Waals surface area contributed by atoms with Crippen LogP contribution in [0.15, 0.2) is 36.5 Å². The average molecular weight is 310 g/mol. The van der Waals surface area contributed by atoms with E-state index >= 15 is 0 Å². The summed E-state index contributed by atoms with van der Waals surface area (Å²) in [6.07, 6.45) is 1.76. The van der Waals surface area contributed by atoms with Gasteiger partial charge in [-0.25, -0.2) is 9.97 Å². The molecule has 2 heterocycles. The number of fused-ring (bicyclic) bond motifs is 1. The number of methoxy groups -OCH3 is 1. The molecule has 0 aliphatic carbocycles. The minimum atomic E-state index is 0.739. The second-order valence-electron chi connectivity index (χ2n) is 5.45. The Morgan fingerprint density at radius 1 is 1.17 bits per heavy atom. The van der Waals surface area contributed by atoms with Crippen LogP contribution >= 0.6 is 0 Å². The van der Waals surface area contributed by atoms with Crippen molar-refractivity contribution in [1.82, 2.24) is 19.9 Å². The van der Waals surface area contributed by atoms with E-state index in [1.54, 1.807) is 13.3 Å². The lowest BCUT2D eigenvalue weighted by molar-refractivity contribution is 0.289. The third-order valence-corrected chi connectivity index (χ3v) is 4.10. The van der Waals surface area contributed by atoms with E-state index in [-0.39, 0.29) is 0 Å². The fourth-order valence-electron chi connectivity index (χ4n) is 2.72. The Labute approximate surface area is 136 Å². The number of hydrogen-bond acceptors (Lipinski definition) is 4. The molecule has 2 aromatic heterocycles. The Morgan fingerprint density at radius 2 is 2.00 bits per heavy atom. The standard InChI is InChI=1S/C18H22N4O/c1-4-22(5-2)12-14-11-13(8-9-16(14)23-3)17-20-15-7-6-10-19-18(15)21-17/h6-11H,4-5,12H2,1-3H3,(H,19,20,21). The van der Waals surface area contributed by atoms with E-state index in [4.69, 9.17) is 4.74 Å². The number of aromatic amines is 1. The molecule has 0 bridgehead atoms. The highest BCUT2D eigenvalue weighted by molar-refractivity contribution is 5.75. The minimum Gasteiger partial charge on any atom is -0.496 e.